The van der Waals surface area contributed by atoms with Crippen LogP contribution in [-0.2, 0) is 44.7 Å². The Morgan fingerprint density at radius 1 is 0.902 bits per heavy atom. The lowest BCUT2D eigenvalue weighted by Gasteiger charge is -2.44. The first kappa shape index (κ1) is 31.4. The molecule has 41 heavy (non-hydrogen) atoms. The van der Waals surface area contributed by atoms with E-state index in [4.69, 9.17) is 23.7 Å². The molecule has 2 aromatic carbocycles. The number of alkyl carbamates (subject to hydrolysis) is 1. The molecule has 1 aliphatic rings. The zero-order valence-corrected chi connectivity index (χ0v) is 23.6. The van der Waals surface area contributed by atoms with Crippen molar-refractivity contribution in [3.05, 3.63) is 69.8 Å². The second kappa shape index (κ2) is 14.5. The van der Waals surface area contributed by atoms with E-state index in [9.17, 15) is 29.3 Å². The van der Waals surface area contributed by atoms with E-state index in [1.54, 1.807) is 0 Å². The first-order chi connectivity index (χ1) is 19.4. The maximum absolute atomic E-state index is 12.9. The highest BCUT2D eigenvalue weighted by atomic mass is 32.2. The third-order valence-corrected chi connectivity index (χ3v) is 6.96. The molecule has 0 aliphatic carbocycles. The number of nitro groups is 1. The van der Waals surface area contributed by atoms with Crippen molar-refractivity contribution in [2.75, 3.05) is 6.61 Å². The Hall–Kier alpha value is -4.17. The number of thioether (sulfide) groups is 1. The summed E-state index contributed by atoms with van der Waals surface area (Å²) in [5.74, 6) is -2.03. The van der Waals surface area contributed by atoms with Gasteiger partial charge in [0, 0.05) is 37.8 Å². The minimum Gasteiger partial charge on any atom is -0.463 e. The Bertz CT molecular complexity index is 1250. The third kappa shape index (κ3) is 9.46. The van der Waals surface area contributed by atoms with Gasteiger partial charge in [0.2, 0.25) is 0 Å². The number of carbonyl (C=O) groups is 4. The second-order valence-electron chi connectivity index (χ2n) is 9.09. The van der Waals surface area contributed by atoms with Crippen LogP contribution >= 0.6 is 11.8 Å². The maximum Gasteiger partial charge on any atom is 0.407 e. The summed E-state index contributed by atoms with van der Waals surface area (Å²) in [6.07, 6.45) is -4.45. The smallest absolute Gasteiger partial charge is 0.407 e. The fourth-order valence-electron chi connectivity index (χ4n) is 3.95. The topological polar surface area (TPSA) is 170 Å². The molecule has 220 valence electrons. The van der Waals surface area contributed by atoms with Crippen LogP contribution in [-0.4, -0.2) is 65.3 Å². The number of amides is 1. The van der Waals surface area contributed by atoms with E-state index in [1.807, 2.05) is 31.2 Å². The van der Waals surface area contributed by atoms with Gasteiger partial charge in [0.25, 0.3) is 5.69 Å². The predicted molar refractivity (Wildman–Crippen MR) is 144 cm³/mol. The number of rotatable bonds is 10. The Morgan fingerprint density at radius 2 is 1.51 bits per heavy atom. The van der Waals surface area contributed by atoms with Crippen LogP contribution in [0.3, 0.4) is 0 Å². The molecule has 0 aromatic heterocycles. The number of carbonyl (C=O) groups excluding carboxylic acids is 4. The number of aryl methyl sites for hydroxylation is 1. The molecule has 5 atom stereocenters. The zero-order chi connectivity index (χ0) is 30.1. The van der Waals surface area contributed by atoms with E-state index in [1.165, 1.54) is 43.0 Å². The first-order valence-electron chi connectivity index (χ1n) is 12.5. The summed E-state index contributed by atoms with van der Waals surface area (Å²) in [6.45, 7) is 4.92. The van der Waals surface area contributed by atoms with Crippen LogP contribution < -0.4 is 5.32 Å². The SMILES string of the molecule is CC(=O)OC[C@H]1O[C@@H](Sc2ccc(C)cc2)[C@H](NC(=O)OCc2ccc([N+](=O)[O-])cc2)[C@@H](OC(C)=O)[C@@H]1OC(C)=O. The van der Waals surface area contributed by atoms with Crippen LogP contribution in [0.15, 0.2) is 53.4 Å². The van der Waals surface area contributed by atoms with Crippen molar-refractivity contribution in [1.29, 1.82) is 0 Å². The fraction of sp³-hybridized carbons (Fsp3) is 0.407. The molecule has 0 spiro atoms. The quantitative estimate of drug-likeness (QED) is 0.185. The van der Waals surface area contributed by atoms with Crippen molar-refractivity contribution < 1.29 is 47.8 Å². The van der Waals surface area contributed by atoms with Gasteiger partial charge in [0.1, 0.15) is 30.8 Å². The van der Waals surface area contributed by atoms with Gasteiger partial charge in [0.15, 0.2) is 12.2 Å². The number of nitro benzene ring substituents is 1. The van der Waals surface area contributed by atoms with Crippen LogP contribution in [0.4, 0.5) is 10.5 Å². The van der Waals surface area contributed by atoms with E-state index < -0.39 is 58.7 Å². The van der Waals surface area contributed by atoms with Crippen molar-refractivity contribution >= 4 is 41.5 Å². The minimum absolute atomic E-state index is 0.113. The lowest BCUT2D eigenvalue weighted by atomic mass is 9.97. The molecule has 1 aliphatic heterocycles. The Kier molecular flexibility index (Phi) is 11.1. The van der Waals surface area contributed by atoms with Gasteiger partial charge in [-0.1, -0.05) is 29.5 Å². The molecule has 0 bridgehead atoms. The Morgan fingerprint density at radius 3 is 2.07 bits per heavy atom. The van der Waals surface area contributed by atoms with Crippen LogP contribution in [0, 0.1) is 17.0 Å². The molecule has 0 saturated carbocycles. The molecule has 1 fully saturated rings. The summed E-state index contributed by atoms with van der Waals surface area (Å²) >= 11 is 1.20. The molecular formula is C27H30N2O11S. The molecule has 3 rings (SSSR count). The summed E-state index contributed by atoms with van der Waals surface area (Å²) in [6, 6.07) is 11.8. The number of nitrogens with one attached hydrogen (secondary N) is 1. The van der Waals surface area contributed by atoms with Crippen molar-refractivity contribution in [3.63, 3.8) is 0 Å². The number of benzene rings is 2. The molecule has 1 N–H and O–H groups in total. The number of nitrogens with zero attached hydrogens (tertiary/aromatic N) is 1. The summed E-state index contributed by atoms with van der Waals surface area (Å²) in [5.41, 5.74) is 0.481. The van der Waals surface area contributed by atoms with Crippen LogP contribution in [0.1, 0.15) is 31.9 Å². The maximum atomic E-state index is 12.9. The molecule has 13 nitrogen and oxygen atoms in total. The van der Waals surface area contributed by atoms with Crippen molar-refractivity contribution in [2.45, 2.75) is 69.0 Å². The number of non-ortho nitro benzene ring substituents is 1. The van der Waals surface area contributed by atoms with Gasteiger partial charge >= 0.3 is 24.0 Å². The lowest BCUT2D eigenvalue weighted by Crippen LogP contribution is -2.65. The summed E-state index contributed by atoms with van der Waals surface area (Å²) in [7, 11) is 0. The lowest BCUT2D eigenvalue weighted by molar-refractivity contribution is -0.384. The number of hydrogen-bond donors (Lipinski definition) is 1. The van der Waals surface area contributed by atoms with Crippen LogP contribution in [0.25, 0.3) is 0 Å². The molecule has 1 heterocycles. The number of ether oxygens (including phenoxy) is 5. The largest absolute Gasteiger partial charge is 0.463 e. The van der Waals surface area contributed by atoms with Gasteiger partial charge in [-0.05, 0) is 36.8 Å². The Labute approximate surface area is 239 Å². The highest BCUT2D eigenvalue weighted by Gasteiger charge is 2.51. The summed E-state index contributed by atoms with van der Waals surface area (Å²) in [4.78, 5) is 59.7. The van der Waals surface area contributed by atoms with Gasteiger partial charge < -0.3 is 29.0 Å². The predicted octanol–water partition coefficient (Wildman–Crippen LogP) is 3.44. The van der Waals surface area contributed by atoms with E-state index in [0.717, 1.165) is 24.3 Å². The molecule has 1 saturated heterocycles. The van der Waals surface area contributed by atoms with Gasteiger partial charge in [-0.15, -0.1) is 0 Å². The average Bonchev–Trinajstić information content (AvgIpc) is 2.90. The number of esters is 3. The van der Waals surface area contributed by atoms with Gasteiger partial charge in [0.05, 0.1) is 4.92 Å². The van der Waals surface area contributed by atoms with E-state index in [0.29, 0.717) is 5.56 Å². The van der Waals surface area contributed by atoms with Crippen LogP contribution in [0.5, 0.6) is 0 Å². The number of hydrogen-bond acceptors (Lipinski definition) is 12. The van der Waals surface area contributed by atoms with E-state index >= 15 is 0 Å². The van der Waals surface area contributed by atoms with Crippen molar-refractivity contribution in [2.24, 2.45) is 0 Å². The van der Waals surface area contributed by atoms with Crippen molar-refractivity contribution in [1.82, 2.24) is 5.32 Å². The van der Waals surface area contributed by atoms with Gasteiger partial charge in [-0.25, -0.2) is 4.79 Å². The second-order valence-corrected chi connectivity index (χ2v) is 10.3. The monoisotopic (exact) mass is 590 g/mol. The molecule has 1 amide bonds. The van der Waals surface area contributed by atoms with Gasteiger partial charge in [-0.2, -0.15) is 0 Å². The normalized spacial score (nSPS) is 21.7. The zero-order valence-electron chi connectivity index (χ0n) is 22.8. The molecule has 0 unspecified atom stereocenters. The Balaban J connectivity index is 1.89. The minimum atomic E-state index is -1.25. The van der Waals surface area contributed by atoms with E-state index in [2.05, 4.69) is 5.32 Å². The fourth-order valence-corrected chi connectivity index (χ4v) is 5.08. The van der Waals surface area contributed by atoms with Gasteiger partial charge in [-0.3, -0.25) is 24.5 Å². The first-order valence-corrected chi connectivity index (χ1v) is 13.3. The summed E-state index contributed by atoms with van der Waals surface area (Å²) in [5, 5.41) is 13.5. The standard InChI is InChI=1S/C27H30N2O11S/c1-15-5-11-21(12-6-15)41-26-23(28-27(33)37-13-19-7-9-20(10-8-19)29(34)35)25(39-18(4)32)24(38-17(3)31)22(40-26)14-36-16(2)30/h5-12,22-26H,13-14H2,1-4H3,(H,28,33)/t22-,23-,24-,25-,26+/m1/s1. The molecule has 0 radical (unpaired) electrons. The highest BCUT2D eigenvalue weighted by Crippen LogP contribution is 2.36. The highest BCUT2D eigenvalue weighted by molar-refractivity contribution is 7.99. The molecule has 14 heteroatoms. The molecular weight excluding hydrogens is 560 g/mol. The van der Waals surface area contributed by atoms with E-state index in [-0.39, 0.29) is 18.9 Å². The van der Waals surface area contributed by atoms with Crippen molar-refractivity contribution in [3.8, 4) is 0 Å². The third-order valence-electron chi connectivity index (χ3n) is 5.78. The van der Waals surface area contributed by atoms with Crippen LogP contribution in [0.2, 0.25) is 0 Å². The molecule has 2 aromatic rings. The summed E-state index contributed by atoms with van der Waals surface area (Å²) < 4.78 is 27.6. The average molecular weight is 591 g/mol.